The first kappa shape index (κ1) is 26.5. The maximum Gasteiger partial charge on any atom is -0.0162 e. The third kappa shape index (κ3) is 7.47. The van der Waals surface area contributed by atoms with Crippen LogP contribution >= 0.6 is 0 Å². The van der Waals surface area contributed by atoms with Crippen LogP contribution in [-0.2, 0) is 0 Å². The highest BCUT2D eigenvalue weighted by molar-refractivity contribution is 5.64. The van der Waals surface area contributed by atoms with Crippen LogP contribution in [0.3, 0.4) is 0 Å². The summed E-state index contributed by atoms with van der Waals surface area (Å²) in [6.07, 6.45) is 22.5. The fourth-order valence-corrected chi connectivity index (χ4v) is 7.22. The van der Waals surface area contributed by atoms with Crippen LogP contribution in [0.1, 0.15) is 146 Å². The molecule has 0 radical (unpaired) electrons. The van der Waals surface area contributed by atoms with Gasteiger partial charge in [-0.1, -0.05) is 114 Å². The quantitative estimate of drug-likeness (QED) is 0.285. The molecular formula is C35H52. The summed E-state index contributed by atoms with van der Waals surface area (Å²) in [6.45, 7) is 7.16. The van der Waals surface area contributed by atoms with E-state index in [2.05, 4.69) is 69.3 Å². The van der Waals surface area contributed by atoms with E-state index in [0.717, 1.165) is 17.8 Å². The zero-order valence-electron chi connectivity index (χ0n) is 23.2. The van der Waals surface area contributed by atoms with Crippen molar-refractivity contribution < 1.29 is 0 Å². The number of unbranched alkanes of at least 4 members (excludes halogenated alkanes) is 4. The zero-order valence-corrected chi connectivity index (χ0v) is 23.2. The summed E-state index contributed by atoms with van der Waals surface area (Å²) in [5, 5.41) is 0. The van der Waals surface area contributed by atoms with E-state index in [1.165, 1.54) is 114 Å². The Hall–Kier alpha value is -1.56. The Balaban J connectivity index is 1.25. The van der Waals surface area contributed by atoms with Crippen LogP contribution in [0.5, 0.6) is 0 Å². The van der Waals surface area contributed by atoms with Gasteiger partial charge in [-0.3, -0.25) is 0 Å². The van der Waals surface area contributed by atoms with Crippen LogP contribution in [-0.4, -0.2) is 0 Å². The van der Waals surface area contributed by atoms with Crippen molar-refractivity contribution in [3.8, 4) is 11.1 Å². The topological polar surface area (TPSA) is 0 Å². The fourth-order valence-electron chi connectivity index (χ4n) is 7.22. The lowest BCUT2D eigenvalue weighted by molar-refractivity contribution is 0.182. The largest absolute Gasteiger partial charge is 0.0654 e. The molecule has 2 aromatic carbocycles. The lowest BCUT2D eigenvalue weighted by Gasteiger charge is -2.37. The van der Waals surface area contributed by atoms with Crippen molar-refractivity contribution in [3.63, 3.8) is 0 Å². The van der Waals surface area contributed by atoms with Gasteiger partial charge in [-0.25, -0.2) is 0 Å². The third-order valence-corrected chi connectivity index (χ3v) is 9.71. The molecule has 35 heavy (non-hydrogen) atoms. The Bertz CT molecular complexity index is 842. The van der Waals surface area contributed by atoms with Crippen molar-refractivity contribution in [1.29, 1.82) is 0 Å². The summed E-state index contributed by atoms with van der Waals surface area (Å²) in [4.78, 5) is 0. The van der Waals surface area contributed by atoms with Crippen LogP contribution in [0, 0.1) is 11.3 Å². The standard InChI is InChI=1S/C35H52/c1-4-6-7-8-9-10-28-11-13-29(14-12-28)30-15-17-31(18-16-30)32-19-21-33(22-20-32)34-23-26-35(3,25-5-2)27-24-34/h15-22,28-29,34H,4-14,23-27H2,1-3H3. The first-order chi connectivity index (χ1) is 17.1. The first-order valence-electron chi connectivity index (χ1n) is 15.3. The summed E-state index contributed by atoms with van der Waals surface area (Å²) in [7, 11) is 0. The monoisotopic (exact) mass is 472 g/mol. The van der Waals surface area contributed by atoms with Gasteiger partial charge in [0.25, 0.3) is 0 Å². The molecule has 0 spiro atoms. The van der Waals surface area contributed by atoms with E-state index in [0.29, 0.717) is 5.41 Å². The highest BCUT2D eigenvalue weighted by Crippen LogP contribution is 2.45. The van der Waals surface area contributed by atoms with E-state index in [1.54, 1.807) is 11.1 Å². The predicted molar refractivity (Wildman–Crippen MR) is 154 cm³/mol. The van der Waals surface area contributed by atoms with Gasteiger partial charge in [-0.15, -0.1) is 0 Å². The maximum atomic E-state index is 2.51. The molecule has 2 aliphatic rings. The fraction of sp³-hybridized carbons (Fsp3) is 0.657. The molecule has 0 unspecified atom stereocenters. The molecule has 0 bridgehead atoms. The molecule has 192 valence electrons. The second-order valence-corrected chi connectivity index (χ2v) is 12.5. The molecule has 0 aliphatic heterocycles. The van der Waals surface area contributed by atoms with Crippen molar-refractivity contribution in [2.24, 2.45) is 11.3 Å². The minimum atomic E-state index is 0.598. The first-order valence-corrected chi connectivity index (χ1v) is 15.3. The van der Waals surface area contributed by atoms with E-state index in [9.17, 15) is 0 Å². The van der Waals surface area contributed by atoms with E-state index < -0.39 is 0 Å². The van der Waals surface area contributed by atoms with Gasteiger partial charge in [-0.2, -0.15) is 0 Å². The molecule has 0 amide bonds. The molecule has 2 saturated carbocycles. The smallest absolute Gasteiger partial charge is 0.0162 e. The van der Waals surface area contributed by atoms with E-state index in [1.807, 2.05) is 0 Å². The molecule has 0 nitrogen and oxygen atoms in total. The van der Waals surface area contributed by atoms with Crippen molar-refractivity contribution in [2.45, 2.75) is 135 Å². The summed E-state index contributed by atoms with van der Waals surface area (Å²) in [5.41, 5.74) is 6.48. The molecule has 2 aromatic rings. The normalized spacial score (nSPS) is 27.1. The highest BCUT2D eigenvalue weighted by Gasteiger charge is 2.30. The molecule has 0 heterocycles. The van der Waals surface area contributed by atoms with Gasteiger partial charge in [-0.05, 0) is 103 Å². The Kier molecular flexibility index (Phi) is 9.93. The van der Waals surface area contributed by atoms with Crippen LogP contribution in [0.25, 0.3) is 11.1 Å². The maximum absolute atomic E-state index is 2.51. The van der Waals surface area contributed by atoms with Gasteiger partial charge < -0.3 is 0 Å². The minimum absolute atomic E-state index is 0.598. The molecule has 4 rings (SSSR count). The lowest BCUT2D eigenvalue weighted by Crippen LogP contribution is -2.23. The average Bonchev–Trinajstić information content (AvgIpc) is 2.90. The third-order valence-electron chi connectivity index (χ3n) is 9.71. The Morgan fingerprint density at radius 2 is 1.11 bits per heavy atom. The molecule has 2 fully saturated rings. The summed E-state index contributed by atoms with van der Waals surface area (Å²) in [5.74, 6) is 2.55. The lowest BCUT2D eigenvalue weighted by atomic mass is 9.68. The Morgan fingerprint density at radius 3 is 1.63 bits per heavy atom. The van der Waals surface area contributed by atoms with Crippen LogP contribution in [0.4, 0.5) is 0 Å². The molecule has 0 atom stereocenters. The van der Waals surface area contributed by atoms with Crippen molar-refractivity contribution in [3.05, 3.63) is 59.7 Å². The van der Waals surface area contributed by atoms with E-state index >= 15 is 0 Å². The van der Waals surface area contributed by atoms with Gasteiger partial charge in [0.2, 0.25) is 0 Å². The van der Waals surface area contributed by atoms with Gasteiger partial charge >= 0.3 is 0 Å². The summed E-state index contributed by atoms with van der Waals surface area (Å²) in [6, 6.07) is 19.2. The molecule has 0 saturated heterocycles. The van der Waals surface area contributed by atoms with Crippen molar-refractivity contribution >= 4 is 0 Å². The Labute approximate surface area is 217 Å². The average molecular weight is 473 g/mol. The molecule has 0 heteroatoms. The van der Waals surface area contributed by atoms with Crippen molar-refractivity contribution in [2.75, 3.05) is 0 Å². The number of hydrogen-bond donors (Lipinski definition) is 0. The number of hydrogen-bond acceptors (Lipinski definition) is 0. The van der Waals surface area contributed by atoms with Crippen LogP contribution in [0.15, 0.2) is 48.5 Å². The van der Waals surface area contributed by atoms with Gasteiger partial charge in [0.05, 0.1) is 0 Å². The Morgan fingerprint density at radius 1 is 0.600 bits per heavy atom. The molecule has 0 aromatic heterocycles. The van der Waals surface area contributed by atoms with Gasteiger partial charge in [0.15, 0.2) is 0 Å². The SMILES string of the molecule is CCCCCCCC1CCC(c2ccc(-c3ccc(C4CCC(C)(CCC)CC4)cc3)cc2)CC1. The van der Waals surface area contributed by atoms with Crippen LogP contribution in [0.2, 0.25) is 0 Å². The van der Waals surface area contributed by atoms with Gasteiger partial charge in [0.1, 0.15) is 0 Å². The second-order valence-electron chi connectivity index (χ2n) is 12.5. The van der Waals surface area contributed by atoms with Crippen molar-refractivity contribution in [1.82, 2.24) is 0 Å². The highest BCUT2D eigenvalue weighted by atomic mass is 14.4. The van der Waals surface area contributed by atoms with Crippen LogP contribution < -0.4 is 0 Å². The predicted octanol–water partition coefficient (Wildman–Crippen LogP) is 11.5. The number of benzene rings is 2. The molecule has 0 N–H and O–H groups in total. The van der Waals surface area contributed by atoms with Gasteiger partial charge in [0, 0.05) is 0 Å². The minimum Gasteiger partial charge on any atom is -0.0654 e. The molecule has 2 aliphatic carbocycles. The summed E-state index contributed by atoms with van der Waals surface area (Å²) < 4.78 is 0. The molecular weight excluding hydrogens is 420 g/mol. The van der Waals surface area contributed by atoms with E-state index in [4.69, 9.17) is 0 Å². The summed E-state index contributed by atoms with van der Waals surface area (Å²) >= 11 is 0. The zero-order chi connectivity index (χ0) is 24.5. The second kappa shape index (κ2) is 13.1. The number of rotatable bonds is 11. The van der Waals surface area contributed by atoms with E-state index in [-0.39, 0.29) is 0 Å².